The van der Waals surface area contributed by atoms with Crippen LogP contribution in [0.2, 0.25) is 0 Å². The molecule has 1 heterocycles. The Bertz CT molecular complexity index is 405. The Hall–Kier alpha value is -1.92. The van der Waals surface area contributed by atoms with Gasteiger partial charge in [0.2, 0.25) is 11.9 Å². The van der Waals surface area contributed by atoms with Crippen molar-refractivity contribution in [3.05, 3.63) is 12.1 Å². The minimum atomic E-state index is -0.695. The Morgan fingerprint density at radius 1 is 1.59 bits per heavy atom. The molecule has 0 bridgehead atoms. The van der Waals surface area contributed by atoms with Crippen LogP contribution in [-0.4, -0.2) is 29.2 Å². The van der Waals surface area contributed by atoms with Crippen LogP contribution in [0.5, 0.6) is 0 Å². The van der Waals surface area contributed by atoms with Crippen molar-refractivity contribution in [1.29, 1.82) is 0 Å². The van der Waals surface area contributed by atoms with Crippen LogP contribution >= 0.6 is 0 Å². The van der Waals surface area contributed by atoms with E-state index in [1.54, 1.807) is 6.92 Å². The van der Waals surface area contributed by atoms with Gasteiger partial charge in [0.1, 0.15) is 5.69 Å². The van der Waals surface area contributed by atoms with Crippen molar-refractivity contribution in [3.63, 3.8) is 0 Å². The van der Waals surface area contributed by atoms with Crippen molar-refractivity contribution in [2.75, 3.05) is 12.4 Å². The third-order valence-electron chi connectivity index (χ3n) is 2.14. The van der Waals surface area contributed by atoms with Gasteiger partial charge in [0.25, 0.3) is 0 Å². The van der Waals surface area contributed by atoms with E-state index in [1.165, 1.54) is 13.3 Å². The van der Waals surface area contributed by atoms with Gasteiger partial charge in [0.15, 0.2) is 0 Å². The fourth-order valence-corrected chi connectivity index (χ4v) is 1.32. The van der Waals surface area contributed by atoms with Crippen LogP contribution < -0.4 is 5.32 Å². The number of carbonyl (C=O) groups excluding carboxylic acids is 2. The number of aromatic amines is 1. The maximum absolute atomic E-state index is 12.9. The number of carbonyl (C=O) groups is 2. The maximum atomic E-state index is 12.9. The first-order valence-electron chi connectivity index (χ1n) is 5.08. The summed E-state index contributed by atoms with van der Waals surface area (Å²) in [5.41, 5.74) is 0.000248. The summed E-state index contributed by atoms with van der Waals surface area (Å²) >= 11 is 0. The topological polar surface area (TPSA) is 84.1 Å². The molecule has 94 valence electrons. The second kappa shape index (κ2) is 5.97. The summed E-state index contributed by atoms with van der Waals surface area (Å²) in [5.74, 6) is -1.61. The van der Waals surface area contributed by atoms with Crippen LogP contribution in [0.4, 0.5) is 10.1 Å². The number of amides is 1. The summed E-state index contributed by atoms with van der Waals surface area (Å²) in [5, 5.41) is 7.84. The lowest BCUT2D eigenvalue weighted by atomic mass is 10.0. The second-order valence-corrected chi connectivity index (χ2v) is 3.74. The minimum Gasteiger partial charge on any atom is -0.469 e. The number of halogens is 1. The zero-order chi connectivity index (χ0) is 12.8. The first-order chi connectivity index (χ1) is 8.02. The summed E-state index contributed by atoms with van der Waals surface area (Å²) in [4.78, 5) is 22.4. The molecule has 1 amide bonds. The number of hydrogen-bond acceptors (Lipinski definition) is 4. The molecule has 0 aliphatic carbocycles. The van der Waals surface area contributed by atoms with E-state index in [0.717, 1.165) is 0 Å². The molecule has 0 spiro atoms. The number of nitrogens with zero attached hydrogens (tertiary/aromatic N) is 1. The lowest BCUT2D eigenvalue weighted by molar-refractivity contribution is -0.141. The molecular weight excluding hydrogens is 229 g/mol. The molecule has 1 aromatic rings. The van der Waals surface area contributed by atoms with Crippen LogP contribution in [0, 0.1) is 11.9 Å². The van der Waals surface area contributed by atoms with Crippen molar-refractivity contribution < 1.29 is 18.7 Å². The summed E-state index contributed by atoms with van der Waals surface area (Å²) < 4.78 is 17.4. The fourth-order valence-electron chi connectivity index (χ4n) is 1.32. The zero-order valence-corrected chi connectivity index (χ0v) is 9.62. The molecule has 1 aromatic heterocycles. The summed E-state index contributed by atoms with van der Waals surface area (Å²) in [6.45, 7) is 1.74. The Morgan fingerprint density at radius 2 is 2.29 bits per heavy atom. The van der Waals surface area contributed by atoms with Crippen LogP contribution in [0.15, 0.2) is 6.20 Å². The van der Waals surface area contributed by atoms with E-state index in [1.807, 2.05) is 0 Å². The van der Waals surface area contributed by atoms with Gasteiger partial charge < -0.3 is 10.1 Å². The quantitative estimate of drug-likeness (QED) is 0.758. The standard InChI is InChI=1S/C10H14FN3O3/c1-6(4-9(16)17-2)3-8(15)13-7-5-12-14-10(7)11/h5-6H,3-4H2,1-2H3,(H,12,14)(H,13,15). The number of aromatic nitrogens is 2. The molecule has 0 aliphatic heterocycles. The van der Waals surface area contributed by atoms with Gasteiger partial charge in [0.05, 0.1) is 13.3 Å². The number of methoxy groups -OCH3 is 1. The molecule has 1 rings (SSSR count). The highest BCUT2D eigenvalue weighted by molar-refractivity contribution is 5.90. The van der Waals surface area contributed by atoms with Gasteiger partial charge in [-0.1, -0.05) is 6.92 Å². The Labute approximate surface area is 97.5 Å². The van der Waals surface area contributed by atoms with E-state index in [0.29, 0.717) is 0 Å². The lowest BCUT2D eigenvalue weighted by Crippen LogP contribution is -2.17. The number of nitrogens with one attached hydrogen (secondary N) is 2. The number of ether oxygens (including phenoxy) is 1. The first-order valence-corrected chi connectivity index (χ1v) is 5.08. The average Bonchev–Trinajstić information content (AvgIpc) is 2.63. The van der Waals surface area contributed by atoms with Crippen LogP contribution in [-0.2, 0) is 14.3 Å². The minimum absolute atomic E-state index is 0.000248. The van der Waals surface area contributed by atoms with Gasteiger partial charge >= 0.3 is 5.97 Å². The number of hydrogen-bond donors (Lipinski definition) is 2. The van der Waals surface area contributed by atoms with Crippen LogP contribution in [0.1, 0.15) is 19.8 Å². The predicted octanol–water partition coefficient (Wildman–Crippen LogP) is 1.08. The van der Waals surface area contributed by atoms with Crippen molar-refractivity contribution in [2.24, 2.45) is 5.92 Å². The number of rotatable bonds is 5. The molecule has 1 unspecified atom stereocenters. The molecule has 6 nitrogen and oxygen atoms in total. The van der Waals surface area contributed by atoms with E-state index < -0.39 is 5.95 Å². The SMILES string of the molecule is COC(=O)CC(C)CC(=O)Nc1cn[nH]c1F. The molecule has 0 fully saturated rings. The molecule has 1 atom stereocenters. The normalized spacial score (nSPS) is 11.9. The van der Waals surface area contributed by atoms with Gasteiger partial charge in [0, 0.05) is 12.8 Å². The maximum Gasteiger partial charge on any atom is 0.305 e. The van der Waals surface area contributed by atoms with E-state index in [4.69, 9.17) is 0 Å². The predicted molar refractivity (Wildman–Crippen MR) is 57.6 cm³/mol. The number of H-pyrrole nitrogens is 1. The highest BCUT2D eigenvalue weighted by Crippen LogP contribution is 2.13. The molecule has 0 aromatic carbocycles. The highest BCUT2D eigenvalue weighted by atomic mass is 19.1. The number of anilines is 1. The molecule has 7 heteroatoms. The van der Waals surface area contributed by atoms with E-state index >= 15 is 0 Å². The van der Waals surface area contributed by atoms with Crippen molar-refractivity contribution in [2.45, 2.75) is 19.8 Å². The largest absolute Gasteiger partial charge is 0.469 e. The fraction of sp³-hybridized carbons (Fsp3) is 0.500. The molecule has 0 saturated carbocycles. The summed E-state index contributed by atoms with van der Waals surface area (Å²) in [6, 6.07) is 0. The van der Waals surface area contributed by atoms with E-state index in [9.17, 15) is 14.0 Å². The zero-order valence-electron chi connectivity index (χ0n) is 9.62. The molecule has 0 aliphatic rings. The highest BCUT2D eigenvalue weighted by Gasteiger charge is 2.15. The van der Waals surface area contributed by atoms with E-state index in [2.05, 4.69) is 20.3 Å². The van der Waals surface area contributed by atoms with Crippen molar-refractivity contribution >= 4 is 17.6 Å². The molecule has 0 saturated heterocycles. The Kier molecular flexibility index (Phi) is 4.62. The lowest BCUT2D eigenvalue weighted by Gasteiger charge is -2.09. The molecular formula is C10H14FN3O3. The summed E-state index contributed by atoms with van der Waals surface area (Å²) in [7, 11) is 1.29. The Balaban J connectivity index is 2.39. The van der Waals surface area contributed by atoms with Gasteiger partial charge in [-0.3, -0.25) is 14.7 Å². The average molecular weight is 243 g/mol. The third-order valence-corrected chi connectivity index (χ3v) is 2.14. The van der Waals surface area contributed by atoms with Crippen molar-refractivity contribution in [1.82, 2.24) is 10.2 Å². The summed E-state index contributed by atoms with van der Waals surface area (Å²) in [6.07, 6.45) is 1.44. The van der Waals surface area contributed by atoms with Crippen molar-refractivity contribution in [3.8, 4) is 0 Å². The third kappa shape index (κ3) is 4.21. The first kappa shape index (κ1) is 13.1. The molecule has 17 heavy (non-hydrogen) atoms. The monoisotopic (exact) mass is 243 g/mol. The van der Waals surface area contributed by atoms with Crippen LogP contribution in [0.25, 0.3) is 0 Å². The molecule has 2 N–H and O–H groups in total. The number of esters is 1. The van der Waals surface area contributed by atoms with Crippen LogP contribution in [0.3, 0.4) is 0 Å². The smallest absolute Gasteiger partial charge is 0.305 e. The Morgan fingerprint density at radius 3 is 2.82 bits per heavy atom. The van der Waals surface area contributed by atoms with Gasteiger partial charge in [-0.05, 0) is 5.92 Å². The molecule has 0 radical (unpaired) electrons. The van der Waals surface area contributed by atoms with Gasteiger partial charge in [-0.2, -0.15) is 9.49 Å². The van der Waals surface area contributed by atoms with E-state index in [-0.39, 0.29) is 36.3 Å². The van der Waals surface area contributed by atoms with Gasteiger partial charge in [-0.25, -0.2) is 0 Å². The second-order valence-electron chi connectivity index (χ2n) is 3.74. The van der Waals surface area contributed by atoms with Gasteiger partial charge in [-0.15, -0.1) is 0 Å².